The van der Waals surface area contributed by atoms with Crippen molar-refractivity contribution >= 4 is 5.91 Å². The number of benzene rings is 1. The van der Waals surface area contributed by atoms with Crippen LogP contribution in [-0.4, -0.2) is 11.0 Å². The van der Waals surface area contributed by atoms with Crippen LogP contribution in [0.5, 0.6) is 5.75 Å². The van der Waals surface area contributed by atoms with Gasteiger partial charge < -0.3 is 10.4 Å². The summed E-state index contributed by atoms with van der Waals surface area (Å²) in [5.41, 5.74) is 2.73. The summed E-state index contributed by atoms with van der Waals surface area (Å²) in [6.07, 6.45) is 2.47. The highest BCUT2D eigenvalue weighted by atomic mass is 16.3. The van der Waals surface area contributed by atoms with Crippen molar-refractivity contribution in [2.45, 2.75) is 71.3 Å². The maximum Gasteiger partial charge on any atom is 0.220 e. The van der Waals surface area contributed by atoms with E-state index in [0.717, 1.165) is 29.5 Å². The monoisotopic (exact) mass is 289 g/mol. The molecule has 1 heterocycles. The second-order valence-corrected chi connectivity index (χ2v) is 7.05. The molecule has 2 rings (SSSR count). The van der Waals surface area contributed by atoms with Crippen LogP contribution in [-0.2, 0) is 10.3 Å². The van der Waals surface area contributed by atoms with E-state index < -0.39 is 0 Å². The van der Waals surface area contributed by atoms with Crippen molar-refractivity contribution in [3.8, 4) is 5.75 Å². The van der Waals surface area contributed by atoms with Crippen LogP contribution in [0.1, 0.15) is 82.4 Å². The summed E-state index contributed by atoms with van der Waals surface area (Å²) in [5.74, 6) is 1.04. The van der Waals surface area contributed by atoms with E-state index in [-0.39, 0.29) is 23.3 Å². The van der Waals surface area contributed by atoms with Crippen molar-refractivity contribution in [1.29, 1.82) is 0 Å². The van der Waals surface area contributed by atoms with E-state index in [2.05, 4.69) is 52.1 Å². The molecule has 1 amide bonds. The first-order valence-electron chi connectivity index (χ1n) is 7.93. The van der Waals surface area contributed by atoms with Gasteiger partial charge in [0.25, 0.3) is 0 Å². The Balaban J connectivity index is 2.55. The predicted molar refractivity (Wildman–Crippen MR) is 85.6 cm³/mol. The summed E-state index contributed by atoms with van der Waals surface area (Å²) in [4.78, 5) is 11.8. The minimum absolute atomic E-state index is 0.119. The lowest BCUT2D eigenvalue weighted by Crippen LogP contribution is -2.46. The molecule has 3 heteroatoms. The molecule has 2 N–H and O–H groups in total. The van der Waals surface area contributed by atoms with Gasteiger partial charge in [0.2, 0.25) is 5.91 Å². The summed E-state index contributed by atoms with van der Waals surface area (Å²) >= 11 is 0. The molecule has 0 aromatic heterocycles. The average molecular weight is 289 g/mol. The Morgan fingerprint density at radius 2 is 1.67 bits per heavy atom. The number of carbonyl (C=O) groups excluding carboxylic acids is 1. The summed E-state index contributed by atoms with van der Waals surface area (Å²) in [7, 11) is 0. The van der Waals surface area contributed by atoms with Crippen LogP contribution in [0, 0.1) is 0 Å². The molecular formula is C18H27NO2. The zero-order valence-electron chi connectivity index (χ0n) is 13.8. The fraction of sp³-hybridized carbons (Fsp3) is 0.611. The molecule has 1 aliphatic heterocycles. The second kappa shape index (κ2) is 5.70. The second-order valence-electron chi connectivity index (χ2n) is 7.05. The maximum absolute atomic E-state index is 11.8. The van der Waals surface area contributed by atoms with Crippen molar-refractivity contribution < 1.29 is 9.90 Å². The van der Waals surface area contributed by atoms with E-state index in [1.165, 1.54) is 0 Å². The normalized spacial score (nSPS) is 22.7. The van der Waals surface area contributed by atoms with Crippen LogP contribution in [0.25, 0.3) is 0 Å². The van der Waals surface area contributed by atoms with Gasteiger partial charge in [-0.15, -0.1) is 0 Å². The van der Waals surface area contributed by atoms with Crippen LogP contribution < -0.4 is 5.32 Å². The third-order valence-electron chi connectivity index (χ3n) is 4.55. The Kier molecular flexibility index (Phi) is 4.31. The van der Waals surface area contributed by atoms with Gasteiger partial charge >= 0.3 is 0 Å². The SMILES string of the molecule is CC(C)c1cc(C2(C)CCCC(=O)N2)cc(C(C)C)c1O. The van der Waals surface area contributed by atoms with Crippen molar-refractivity contribution in [2.75, 3.05) is 0 Å². The molecule has 21 heavy (non-hydrogen) atoms. The summed E-state index contributed by atoms with van der Waals surface area (Å²) in [5, 5.41) is 13.6. The number of hydrogen-bond acceptors (Lipinski definition) is 2. The molecule has 0 bridgehead atoms. The van der Waals surface area contributed by atoms with E-state index in [0.29, 0.717) is 12.2 Å². The van der Waals surface area contributed by atoms with Crippen LogP contribution in [0.15, 0.2) is 12.1 Å². The number of phenolic OH excluding ortho intramolecular Hbond substituents is 1. The molecule has 0 saturated carbocycles. The van der Waals surface area contributed by atoms with Gasteiger partial charge in [0.05, 0.1) is 5.54 Å². The van der Waals surface area contributed by atoms with E-state index in [4.69, 9.17) is 0 Å². The summed E-state index contributed by atoms with van der Waals surface area (Å²) in [6.45, 7) is 10.4. The van der Waals surface area contributed by atoms with Gasteiger partial charge in [0.15, 0.2) is 0 Å². The maximum atomic E-state index is 11.8. The predicted octanol–water partition coefficient (Wildman–Crippen LogP) is 4.15. The summed E-state index contributed by atoms with van der Waals surface area (Å²) in [6, 6.07) is 4.13. The van der Waals surface area contributed by atoms with Crippen LogP contribution in [0.3, 0.4) is 0 Å². The lowest BCUT2D eigenvalue weighted by molar-refractivity contribution is -0.125. The third kappa shape index (κ3) is 3.07. The zero-order valence-corrected chi connectivity index (χ0v) is 13.8. The van der Waals surface area contributed by atoms with Crippen LogP contribution in [0.4, 0.5) is 0 Å². The molecule has 1 saturated heterocycles. The van der Waals surface area contributed by atoms with E-state index in [1.54, 1.807) is 0 Å². The highest BCUT2D eigenvalue weighted by Gasteiger charge is 2.33. The number of phenols is 1. The number of nitrogens with one attached hydrogen (secondary N) is 1. The minimum atomic E-state index is -0.323. The molecule has 0 aliphatic carbocycles. The lowest BCUT2D eigenvalue weighted by Gasteiger charge is -2.36. The number of carbonyl (C=O) groups is 1. The van der Waals surface area contributed by atoms with Crippen LogP contribution in [0.2, 0.25) is 0 Å². The standard InChI is InChI=1S/C18H27NO2/c1-11(2)14-9-13(10-15(12(3)4)17(14)21)18(5)8-6-7-16(20)19-18/h9-12,21H,6-8H2,1-5H3,(H,19,20). The van der Waals surface area contributed by atoms with Crippen molar-refractivity contribution in [3.05, 3.63) is 28.8 Å². The molecular weight excluding hydrogens is 262 g/mol. The van der Waals surface area contributed by atoms with E-state index >= 15 is 0 Å². The number of hydrogen-bond donors (Lipinski definition) is 2. The van der Waals surface area contributed by atoms with E-state index in [9.17, 15) is 9.90 Å². The van der Waals surface area contributed by atoms with Gasteiger partial charge in [0, 0.05) is 6.42 Å². The molecule has 3 nitrogen and oxygen atoms in total. The lowest BCUT2D eigenvalue weighted by atomic mass is 9.80. The Labute approximate surface area is 127 Å². The third-order valence-corrected chi connectivity index (χ3v) is 4.55. The number of piperidine rings is 1. The van der Waals surface area contributed by atoms with Crippen molar-refractivity contribution in [1.82, 2.24) is 5.32 Å². The molecule has 1 fully saturated rings. The largest absolute Gasteiger partial charge is 0.507 e. The Hall–Kier alpha value is -1.51. The Bertz CT molecular complexity index is 519. The molecule has 1 unspecified atom stereocenters. The zero-order chi connectivity index (χ0) is 15.8. The number of rotatable bonds is 3. The highest BCUT2D eigenvalue weighted by molar-refractivity contribution is 5.78. The van der Waals surface area contributed by atoms with E-state index in [1.807, 2.05) is 0 Å². The highest BCUT2D eigenvalue weighted by Crippen LogP contribution is 2.39. The Morgan fingerprint density at radius 3 is 2.10 bits per heavy atom. The smallest absolute Gasteiger partial charge is 0.220 e. The first kappa shape index (κ1) is 15.9. The fourth-order valence-electron chi connectivity index (χ4n) is 3.13. The van der Waals surface area contributed by atoms with Gasteiger partial charge in [-0.2, -0.15) is 0 Å². The molecule has 0 radical (unpaired) electrons. The van der Waals surface area contributed by atoms with Crippen molar-refractivity contribution in [3.63, 3.8) is 0 Å². The van der Waals surface area contributed by atoms with Crippen LogP contribution >= 0.6 is 0 Å². The Morgan fingerprint density at radius 1 is 1.14 bits per heavy atom. The molecule has 0 spiro atoms. The number of amides is 1. The summed E-state index contributed by atoms with van der Waals surface area (Å²) < 4.78 is 0. The molecule has 1 aromatic rings. The van der Waals surface area contributed by atoms with Gasteiger partial charge in [-0.1, -0.05) is 27.7 Å². The average Bonchev–Trinajstić information content (AvgIpc) is 2.37. The molecule has 1 atom stereocenters. The van der Waals surface area contributed by atoms with Crippen molar-refractivity contribution in [2.24, 2.45) is 0 Å². The van der Waals surface area contributed by atoms with Gasteiger partial charge in [-0.3, -0.25) is 4.79 Å². The first-order valence-corrected chi connectivity index (χ1v) is 7.93. The fourth-order valence-corrected chi connectivity index (χ4v) is 3.13. The quantitative estimate of drug-likeness (QED) is 0.878. The molecule has 116 valence electrons. The topological polar surface area (TPSA) is 49.3 Å². The molecule has 1 aromatic carbocycles. The first-order chi connectivity index (χ1) is 9.74. The number of aromatic hydroxyl groups is 1. The molecule has 1 aliphatic rings. The van der Waals surface area contributed by atoms with Gasteiger partial charge in [0.1, 0.15) is 5.75 Å². The minimum Gasteiger partial charge on any atom is -0.507 e. The van der Waals surface area contributed by atoms with Gasteiger partial charge in [-0.25, -0.2) is 0 Å². The van der Waals surface area contributed by atoms with Gasteiger partial charge in [-0.05, 0) is 60.4 Å².